The summed E-state index contributed by atoms with van der Waals surface area (Å²) >= 11 is 0. The van der Waals surface area contributed by atoms with E-state index in [0.29, 0.717) is 17.9 Å². The molecule has 2 rings (SSSR count). The van der Waals surface area contributed by atoms with Crippen LogP contribution in [0.3, 0.4) is 0 Å². The van der Waals surface area contributed by atoms with Gasteiger partial charge in [0.25, 0.3) is 5.91 Å². The molecule has 0 aliphatic carbocycles. The highest BCUT2D eigenvalue weighted by Gasteiger charge is 2.11. The number of carbonyl (C=O) groups excluding carboxylic acids is 1. The molecule has 0 atom stereocenters. The molecule has 23 heavy (non-hydrogen) atoms. The van der Waals surface area contributed by atoms with Crippen molar-refractivity contribution in [2.24, 2.45) is 5.10 Å². The second-order valence-corrected chi connectivity index (χ2v) is 5.22. The molecule has 1 aromatic heterocycles. The number of H-pyrrole nitrogens is 1. The Balaban J connectivity index is 2.00. The summed E-state index contributed by atoms with van der Waals surface area (Å²) in [6, 6.07) is 6.51. The van der Waals surface area contributed by atoms with Gasteiger partial charge in [-0.15, -0.1) is 0 Å². The number of amides is 1. The van der Waals surface area contributed by atoms with Gasteiger partial charge in [0.1, 0.15) is 0 Å². The van der Waals surface area contributed by atoms with Crippen molar-refractivity contribution in [3.63, 3.8) is 0 Å². The van der Waals surface area contributed by atoms with E-state index in [2.05, 4.69) is 20.7 Å². The van der Waals surface area contributed by atoms with Crippen LogP contribution in [-0.2, 0) is 0 Å². The predicted octanol–water partition coefficient (Wildman–Crippen LogP) is 2.40. The minimum absolute atomic E-state index is 0.0609. The van der Waals surface area contributed by atoms with Gasteiger partial charge in [-0.2, -0.15) is 10.2 Å². The van der Waals surface area contributed by atoms with Gasteiger partial charge in [-0.25, -0.2) is 5.43 Å². The Hall–Kier alpha value is -2.83. The van der Waals surface area contributed by atoms with Crippen LogP contribution in [0.5, 0.6) is 11.5 Å². The zero-order valence-electron chi connectivity index (χ0n) is 13.3. The largest absolute Gasteiger partial charge is 0.504 e. The van der Waals surface area contributed by atoms with Crippen molar-refractivity contribution in [2.75, 3.05) is 6.61 Å². The lowest BCUT2D eigenvalue weighted by Gasteiger charge is -2.05. The number of hydrogen-bond acceptors (Lipinski definition) is 5. The van der Waals surface area contributed by atoms with Gasteiger partial charge in [-0.05, 0) is 42.7 Å². The van der Waals surface area contributed by atoms with Gasteiger partial charge >= 0.3 is 0 Å². The summed E-state index contributed by atoms with van der Waals surface area (Å²) in [6.07, 6.45) is 1.47. The first-order valence-electron chi connectivity index (χ1n) is 7.35. The Morgan fingerprint density at radius 1 is 1.48 bits per heavy atom. The molecule has 1 heterocycles. The maximum Gasteiger partial charge on any atom is 0.291 e. The molecule has 0 radical (unpaired) electrons. The van der Waals surface area contributed by atoms with E-state index < -0.39 is 5.91 Å². The normalized spacial score (nSPS) is 11.1. The highest BCUT2D eigenvalue weighted by atomic mass is 16.5. The third-order valence-corrected chi connectivity index (χ3v) is 3.12. The standard InChI is InChI=1S/C16H20N4O3/c1-4-23-15-7-11(5-6-14(15)21)9-17-20-16(22)13-8-12(10(2)3)18-19-13/h5-10,21H,4H2,1-3H3,(H,18,19)(H,20,22)/b17-9+. The van der Waals surface area contributed by atoms with Gasteiger partial charge < -0.3 is 9.84 Å². The molecule has 122 valence electrons. The molecule has 2 aromatic rings. The van der Waals surface area contributed by atoms with Crippen LogP contribution in [0, 0.1) is 0 Å². The second kappa shape index (κ2) is 7.44. The number of hydrazone groups is 1. The van der Waals surface area contributed by atoms with Crippen LogP contribution in [0.4, 0.5) is 0 Å². The SMILES string of the molecule is CCOc1cc(/C=N/NC(=O)c2cc(C(C)C)[nH]n2)ccc1O. The summed E-state index contributed by atoms with van der Waals surface area (Å²) < 4.78 is 5.29. The molecule has 0 spiro atoms. The molecule has 0 aliphatic heterocycles. The lowest BCUT2D eigenvalue weighted by Crippen LogP contribution is -2.18. The first-order valence-corrected chi connectivity index (χ1v) is 7.35. The number of benzene rings is 1. The zero-order valence-corrected chi connectivity index (χ0v) is 13.3. The van der Waals surface area contributed by atoms with Crippen molar-refractivity contribution < 1.29 is 14.6 Å². The fourth-order valence-corrected chi connectivity index (χ4v) is 1.85. The third-order valence-electron chi connectivity index (χ3n) is 3.12. The smallest absolute Gasteiger partial charge is 0.291 e. The maximum absolute atomic E-state index is 11.9. The summed E-state index contributed by atoms with van der Waals surface area (Å²) in [5, 5.41) is 20.3. The highest BCUT2D eigenvalue weighted by molar-refractivity contribution is 5.93. The molecule has 7 heteroatoms. The number of carbonyl (C=O) groups is 1. The molecular formula is C16H20N4O3. The van der Waals surface area contributed by atoms with Gasteiger partial charge in [0.05, 0.1) is 12.8 Å². The van der Waals surface area contributed by atoms with Gasteiger partial charge in [-0.3, -0.25) is 9.89 Å². The van der Waals surface area contributed by atoms with Crippen LogP contribution in [0.25, 0.3) is 0 Å². The highest BCUT2D eigenvalue weighted by Crippen LogP contribution is 2.26. The molecule has 0 fully saturated rings. The lowest BCUT2D eigenvalue weighted by molar-refractivity contribution is 0.0950. The number of nitrogens with one attached hydrogen (secondary N) is 2. The molecule has 0 saturated heterocycles. The number of aromatic amines is 1. The van der Waals surface area contributed by atoms with Gasteiger partial charge in [0, 0.05) is 5.69 Å². The molecule has 0 saturated carbocycles. The lowest BCUT2D eigenvalue weighted by atomic mass is 10.1. The van der Waals surface area contributed by atoms with E-state index in [9.17, 15) is 9.90 Å². The Morgan fingerprint density at radius 3 is 2.91 bits per heavy atom. The quantitative estimate of drug-likeness (QED) is 0.563. The molecule has 0 aliphatic rings. The van der Waals surface area contributed by atoms with Gasteiger partial charge in [0.15, 0.2) is 17.2 Å². The van der Waals surface area contributed by atoms with Crippen molar-refractivity contribution in [1.29, 1.82) is 0 Å². The second-order valence-electron chi connectivity index (χ2n) is 5.22. The number of nitrogens with zero attached hydrogens (tertiary/aromatic N) is 2. The summed E-state index contributed by atoms with van der Waals surface area (Å²) in [6.45, 7) is 6.29. The fourth-order valence-electron chi connectivity index (χ4n) is 1.85. The number of hydrogen-bond donors (Lipinski definition) is 3. The Morgan fingerprint density at radius 2 is 2.26 bits per heavy atom. The fraction of sp³-hybridized carbons (Fsp3) is 0.312. The van der Waals surface area contributed by atoms with Crippen molar-refractivity contribution in [1.82, 2.24) is 15.6 Å². The molecule has 3 N–H and O–H groups in total. The first-order chi connectivity index (χ1) is 11.0. The Labute approximate surface area is 134 Å². The minimum Gasteiger partial charge on any atom is -0.504 e. The summed E-state index contributed by atoms with van der Waals surface area (Å²) in [7, 11) is 0. The van der Waals surface area contributed by atoms with E-state index >= 15 is 0 Å². The van der Waals surface area contributed by atoms with Crippen molar-refractivity contribution in [3.8, 4) is 11.5 Å². The number of rotatable bonds is 6. The number of ether oxygens (including phenoxy) is 1. The van der Waals surface area contributed by atoms with E-state index in [0.717, 1.165) is 5.69 Å². The Bertz CT molecular complexity index is 707. The average molecular weight is 316 g/mol. The number of aromatic nitrogens is 2. The number of phenolic OH excluding ortho intramolecular Hbond substituents is 1. The van der Waals surface area contributed by atoms with Crippen molar-refractivity contribution in [2.45, 2.75) is 26.7 Å². The predicted molar refractivity (Wildman–Crippen MR) is 87.0 cm³/mol. The van der Waals surface area contributed by atoms with Crippen LogP contribution in [0.1, 0.15) is 48.4 Å². The van der Waals surface area contributed by atoms with Crippen molar-refractivity contribution in [3.05, 3.63) is 41.2 Å². The summed E-state index contributed by atoms with van der Waals surface area (Å²) in [5.41, 5.74) is 4.27. The summed E-state index contributed by atoms with van der Waals surface area (Å²) in [4.78, 5) is 11.9. The van der Waals surface area contributed by atoms with Gasteiger partial charge in [-0.1, -0.05) is 13.8 Å². The van der Waals surface area contributed by atoms with Crippen LogP contribution in [0.2, 0.25) is 0 Å². The minimum atomic E-state index is -0.395. The van der Waals surface area contributed by atoms with Crippen LogP contribution < -0.4 is 10.2 Å². The van der Waals surface area contributed by atoms with Gasteiger partial charge in [0.2, 0.25) is 0 Å². The number of phenols is 1. The third kappa shape index (κ3) is 4.32. The van der Waals surface area contributed by atoms with E-state index in [1.807, 2.05) is 20.8 Å². The number of aromatic hydroxyl groups is 1. The van der Waals surface area contributed by atoms with E-state index in [4.69, 9.17) is 4.74 Å². The van der Waals surface area contributed by atoms with Crippen LogP contribution in [0.15, 0.2) is 29.4 Å². The molecule has 1 amide bonds. The first kappa shape index (κ1) is 16.5. The van der Waals surface area contributed by atoms with Crippen LogP contribution >= 0.6 is 0 Å². The van der Waals surface area contributed by atoms with Crippen LogP contribution in [-0.4, -0.2) is 34.0 Å². The zero-order chi connectivity index (χ0) is 16.8. The molecule has 0 unspecified atom stereocenters. The maximum atomic E-state index is 11.9. The molecular weight excluding hydrogens is 296 g/mol. The van der Waals surface area contributed by atoms with E-state index in [1.165, 1.54) is 12.3 Å². The van der Waals surface area contributed by atoms with Crippen molar-refractivity contribution >= 4 is 12.1 Å². The van der Waals surface area contributed by atoms with E-state index in [1.54, 1.807) is 18.2 Å². The topological polar surface area (TPSA) is 99.6 Å². The molecule has 0 bridgehead atoms. The molecule has 1 aromatic carbocycles. The average Bonchev–Trinajstić information content (AvgIpc) is 3.01. The summed E-state index contributed by atoms with van der Waals surface area (Å²) in [5.74, 6) is 0.303. The Kier molecular flexibility index (Phi) is 5.35. The van der Waals surface area contributed by atoms with E-state index in [-0.39, 0.29) is 17.4 Å². The monoisotopic (exact) mass is 316 g/mol. The molecule has 7 nitrogen and oxygen atoms in total.